The van der Waals surface area contributed by atoms with Crippen LogP contribution in [0.1, 0.15) is 44.6 Å². The number of likely N-dealkylation sites (tertiary alicyclic amines) is 1. The van der Waals surface area contributed by atoms with Crippen molar-refractivity contribution >= 4 is 23.2 Å². The second-order valence-corrected chi connectivity index (χ2v) is 9.20. The Morgan fingerprint density at radius 3 is 2.67 bits per heavy atom. The zero-order valence-corrected chi connectivity index (χ0v) is 17.1. The third kappa shape index (κ3) is 4.21. The summed E-state index contributed by atoms with van der Waals surface area (Å²) >= 11 is 1.71. The average molecular weight is 390 g/mol. The van der Waals surface area contributed by atoms with E-state index in [0.29, 0.717) is 12.5 Å². The molecule has 5 nitrogen and oxygen atoms in total. The topological polar surface area (TPSA) is 43.9 Å². The van der Waals surface area contributed by atoms with E-state index >= 15 is 0 Å². The molecule has 3 fully saturated rings. The minimum atomic E-state index is -0.263. The standard InChI is InChI=1S/C21H31N3O2S/c1-16(25)24-14-18(12-17-6-11-27-15-17)13-20(24)21(26)23-8-3-7-22(9-10-23)19-4-2-5-19/h6,11,15,18-20H,2-5,7-10,12-14H2,1H3/t18-,20+/m1/s1. The summed E-state index contributed by atoms with van der Waals surface area (Å²) in [6, 6.07) is 2.64. The van der Waals surface area contributed by atoms with Gasteiger partial charge in [0.05, 0.1) is 0 Å². The second kappa shape index (κ2) is 8.31. The van der Waals surface area contributed by atoms with Crippen LogP contribution >= 0.6 is 11.3 Å². The Bertz CT molecular complexity index is 658. The Morgan fingerprint density at radius 2 is 2.00 bits per heavy atom. The van der Waals surface area contributed by atoms with Gasteiger partial charge in [0.25, 0.3) is 0 Å². The van der Waals surface area contributed by atoms with Crippen molar-refractivity contribution in [3.05, 3.63) is 22.4 Å². The molecular formula is C21H31N3O2S. The molecule has 1 aliphatic carbocycles. The van der Waals surface area contributed by atoms with Gasteiger partial charge < -0.3 is 9.80 Å². The summed E-state index contributed by atoms with van der Waals surface area (Å²) in [5.41, 5.74) is 1.33. The van der Waals surface area contributed by atoms with Crippen LogP contribution < -0.4 is 0 Å². The van der Waals surface area contributed by atoms with Crippen molar-refractivity contribution in [3.8, 4) is 0 Å². The van der Waals surface area contributed by atoms with Gasteiger partial charge in [-0.05, 0) is 60.4 Å². The van der Waals surface area contributed by atoms with E-state index in [9.17, 15) is 9.59 Å². The van der Waals surface area contributed by atoms with Crippen molar-refractivity contribution in [2.24, 2.45) is 5.92 Å². The Hall–Kier alpha value is -1.40. The van der Waals surface area contributed by atoms with Crippen LogP contribution in [0.15, 0.2) is 16.8 Å². The van der Waals surface area contributed by atoms with Gasteiger partial charge >= 0.3 is 0 Å². The van der Waals surface area contributed by atoms with E-state index in [-0.39, 0.29) is 17.9 Å². The molecule has 2 saturated heterocycles. The first kappa shape index (κ1) is 18.9. The van der Waals surface area contributed by atoms with E-state index in [0.717, 1.165) is 51.5 Å². The number of hydrogen-bond donors (Lipinski definition) is 0. The molecule has 0 bridgehead atoms. The molecule has 27 heavy (non-hydrogen) atoms. The van der Waals surface area contributed by atoms with Crippen LogP contribution in [0.25, 0.3) is 0 Å². The highest BCUT2D eigenvalue weighted by molar-refractivity contribution is 7.07. The lowest BCUT2D eigenvalue weighted by Crippen LogP contribution is -2.48. The highest BCUT2D eigenvalue weighted by Gasteiger charge is 2.40. The monoisotopic (exact) mass is 389 g/mol. The molecule has 0 aromatic carbocycles. The van der Waals surface area contributed by atoms with Crippen molar-refractivity contribution in [2.45, 2.75) is 57.5 Å². The molecule has 3 heterocycles. The van der Waals surface area contributed by atoms with E-state index < -0.39 is 0 Å². The summed E-state index contributed by atoms with van der Waals surface area (Å²) in [5.74, 6) is 0.594. The van der Waals surface area contributed by atoms with Crippen molar-refractivity contribution < 1.29 is 9.59 Å². The summed E-state index contributed by atoms with van der Waals surface area (Å²) in [7, 11) is 0. The maximum absolute atomic E-state index is 13.3. The quantitative estimate of drug-likeness (QED) is 0.795. The van der Waals surface area contributed by atoms with Gasteiger partial charge in [0.15, 0.2) is 0 Å². The summed E-state index contributed by atoms with van der Waals surface area (Å²) in [6.45, 7) is 6.06. The molecule has 6 heteroatoms. The van der Waals surface area contributed by atoms with Crippen LogP contribution in [0.2, 0.25) is 0 Å². The van der Waals surface area contributed by atoms with E-state index in [1.165, 1.54) is 24.8 Å². The predicted octanol–water partition coefficient (Wildman–Crippen LogP) is 2.61. The molecule has 0 N–H and O–H groups in total. The average Bonchev–Trinajstić information content (AvgIpc) is 3.19. The minimum Gasteiger partial charge on any atom is -0.340 e. The molecule has 2 atom stereocenters. The van der Waals surface area contributed by atoms with Crippen molar-refractivity contribution in [3.63, 3.8) is 0 Å². The first-order valence-electron chi connectivity index (χ1n) is 10.4. The number of rotatable bonds is 4. The van der Waals surface area contributed by atoms with E-state index in [2.05, 4.69) is 21.7 Å². The molecule has 148 valence electrons. The third-order valence-electron chi connectivity index (χ3n) is 6.61. The van der Waals surface area contributed by atoms with Gasteiger partial charge in [-0.2, -0.15) is 11.3 Å². The number of nitrogens with zero attached hydrogens (tertiary/aromatic N) is 3. The van der Waals surface area contributed by atoms with Gasteiger partial charge in [0.1, 0.15) is 6.04 Å². The molecule has 1 aromatic heterocycles. The number of carbonyl (C=O) groups is 2. The fourth-order valence-corrected chi connectivity index (χ4v) is 5.56. The third-order valence-corrected chi connectivity index (χ3v) is 7.35. The lowest BCUT2D eigenvalue weighted by Gasteiger charge is -2.36. The SMILES string of the molecule is CC(=O)N1C[C@H](Cc2ccsc2)C[C@H]1C(=O)N1CCCN(C2CCC2)CC1. The van der Waals surface area contributed by atoms with Crippen LogP contribution in [-0.4, -0.2) is 71.3 Å². The number of amides is 2. The van der Waals surface area contributed by atoms with Crippen molar-refractivity contribution in [1.29, 1.82) is 0 Å². The molecule has 2 aliphatic heterocycles. The van der Waals surface area contributed by atoms with Crippen LogP contribution in [0.3, 0.4) is 0 Å². The van der Waals surface area contributed by atoms with Gasteiger partial charge in [0.2, 0.25) is 11.8 Å². The Labute approximate surface area is 166 Å². The summed E-state index contributed by atoms with van der Waals surface area (Å²) < 4.78 is 0. The van der Waals surface area contributed by atoms with Crippen molar-refractivity contribution in [1.82, 2.24) is 14.7 Å². The van der Waals surface area contributed by atoms with Gasteiger partial charge in [-0.25, -0.2) is 0 Å². The first-order valence-corrected chi connectivity index (χ1v) is 11.4. The molecule has 2 amide bonds. The fraction of sp³-hybridized carbons (Fsp3) is 0.714. The largest absolute Gasteiger partial charge is 0.340 e. The van der Waals surface area contributed by atoms with E-state index in [1.54, 1.807) is 18.3 Å². The van der Waals surface area contributed by atoms with Crippen LogP contribution in [-0.2, 0) is 16.0 Å². The molecule has 1 aromatic rings. The normalized spacial score (nSPS) is 27.4. The molecule has 1 saturated carbocycles. The summed E-state index contributed by atoms with van der Waals surface area (Å²) in [6.07, 6.45) is 6.81. The molecular weight excluding hydrogens is 358 g/mol. The van der Waals surface area contributed by atoms with Gasteiger partial charge in [-0.3, -0.25) is 14.5 Å². The Balaban J connectivity index is 1.39. The highest BCUT2D eigenvalue weighted by Crippen LogP contribution is 2.29. The first-order chi connectivity index (χ1) is 13.1. The number of carbonyl (C=O) groups excluding carboxylic acids is 2. The van der Waals surface area contributed by atoms with Crippen LogP contribution in [0, 0.1) is 5.92 Å². The Morgan fingerprint density at radius 1 is 1.15 bits per heavy atom. The molecule has 4 rings (SSSR count). The highest BCUT2D eigenvalue weighted by atomic mass is 32.1. The minimum absolute atomic E-state index is 0.0343. The van der Waals surface area contributed by atoms with Gasteiger partial charge in [-0.1, -0.05) is 6.42 Å². The van der Waals surface area contributed by atoms with Crippen molar-refractivity contribution in [2.75, 3.05) is 32.7 Å². The molecule has 0 unspecified atom stereocenters. The predicted molar refractivity (Wildman–Crippen MR) is 108 cm³/mol. The fourth-order valence-electron chi connectivity index (χ4n) is 4.88. The lowest BCUT2D eigenvalue weighted by molar-refractivity contribution is -0.142. The summed E-state index contributed by atoms with van der Waals surface area (Å²) in [4.78, 5) is 31.9. The lowest BCUT2D eigenvalue weighted by atomic mass is 9.91. The Kier molecular flexibility index (Phi) is 5.83. The zero-order valence-electron chi connectivity index (χ0n) is 16.3. The number of thiophene rings is 1. The van der Waals surface area contributed by atoms with E-state index in [4.69, 9.17) is 0 Å². The van der Waals surface area contributed by atoms with Gasteiger partial charge in [-0.15, -0.1) is 0 Å². The van der Waals surface area contributed by atoms with Crippen LogP contribution in [0.5, 0.6) is 0 Å². The summed E-state index contributed by atoms with van der Waals surface area (Å²) in [5, 5.41) is 4.28. The molecule has 0 spiro atoms. The molecule has 3 aliphatic rings. The van der Waals surface area contributed by atoms with Crippen LogP contribution in [0.4, 0.5) is 0 Å². The maximum Gasteiger partial charge on any atom is 0.245 e. The van der Waals surface area contributed by atoms with E-state index in [1.807, 2.05) is 9.80 Å². The number of hydrogen-bond acceptors (Lipinski definition) is 4. The zero-order chi connectivity index (χ0) is 18.8. The molecule has 0 radical (unpaired) electrons. The maximum atomic E-state index is 13.3. The van der Waals surface area contributed by atoms with Gasteiger partial charge in [0, 0.05) is 45.7 Å². The smallest absolute Gasteiger partial charge is 0.245 e. The second-order valence-electron chi connectivity index (χ2n) is 8.42.